The zero-order valence-corrected chi connectivity index (χ0v) is 20.0. The van der Waals surface area contributed by atoms with Crippen LogP contribution in [-0.2, 0) is 17.8 Å². The molecule has 176 valence electrons. The highest BCUT2D eigenvalue weighted by Crippen LogP contribution is 2.30. The second-order valence-corrected chi connectivity index (χ2v) is 10.1. The van der Waals surface area contributed by atoms with Crippen LogP contribution in [0.2, 0.25) is 0 Å². The van der Waals surface area contributed by atoms with Gasteiger partial charge in [-0.15, -0.1) is 0 Å². The summed E-state index contributed by atoms with van der Waals surface area (Å²) in [5.74, 6) is 0.683. The summed E-state index contributed by atoms with van der Waals surface area (Å²) in [5, 5.41) is 5.89. The average molecular weight is 455 g/mol. The van der Waals surface area contributed by atoms with E-state index in [0.29, 0.717) is 12.0 Å². The van der Waals surface area contributed by atoms with Gasteiger partial charge < -0.3 is 9.30 Å². The highest BCUT2D eigenvalue weighted by molar-refractivity contribution is 5.85. The number of fused-ring (bicyclic) bond motifs is 1. The lowest BCUT2D eigenvalue weighted by molar-refractivity contribution is -0.0394. The Balaban J connectivity index is 1.14. The monoisotopic (exact) mass is 454 g/mol. The lowest BCUT2D eigenvalue weighted by Crippen LogP contribution is -2.26. The standard InChI is InChI=1S/C29H34N4O/c1-22-15-24(20-32(22)18-23-7-3-2-4-8-23)19-31-13-12-26-16-25(10-11-28(26)31)27-17-30-33(21-27)29-9-5-6-14-34-29/h2-4,7-8,10-13,16-17,21-22,24,29H,5-6,9,14-15,18-20H2,1H3/t22-,24+,29?/m0/s1. The molecule has 5 heteroatoms. The summed E-state index contributed by atoms with van der Waals surface area (Å²) in [6.07, 6.45) is 11.1. The van der Waals surface area contributed by atoms with Crippen LogP contribution in [0.15, 0.2) is 73.2 Å². The molecule has 34 heavy (non-hydrogen) atoms. The summed E-state index contributed by atoms with van der Waals surface area (Å²) >= 11 is 0. The first-order chi connectivity index (χ1) is 16.7. The van der Waals surface area contributed by atoms with Crippen LogP contribution in [0.5, 0.6) is 0 Å². The van der Waals surface area contributed by atoms with E-state index >= 15 is 0 Å². The molecule has 4 heterocycles. The van der Waals surface area contributed by atoms with Crippen molar-refractivity contribution in [3.05, 3.63) is 78.8 Å². The molecular weight excluding hydrogens is 420 g/mol. The predicted molar refractivity (Wildman–Crippen MR) is 136 cm³/mol. The molecule has 2 aromatic carbocycles. The van der Waals surface area contributed by atoms with E-state index in [1.165, 1.54) is 34.9 Å². The van der Waals surface area contributed by atoms with Crippen molar-refractivity contribution < 1.29 is 4.74 Å². The molecule has 5 nitrogen and oxygen atoms in total. The van der Waals surface area contributed by atoms with Crippen LogP contribution in [0.3, 0.4) is 0 Å². The number of ether oxygens (including phenoxy) is 1. The number of hydrogen-bond acceptors (Lipinski definition) is 3. The van der Waals surface area contributed by atoms with E-state index in [0.717, 1.165) is 44.6 Å². The number of likely N-dealkylation sites (tertiary alicyclic amines) is 1. The van der Waals surface area contributed by atoms with Crippen LogP contribution in [0.25, 0.3) is 22.0 Å². The van der Waals surface area contributed by atoms with E-state index in [9.17, 15) is 0 Å². The van der Waals surface area contributed by atoms with Gasteiger partial charge in [0.1, 0.15) is 6.23 Å². The third-order valence-corrected chi connectivity index (χ3v) is 7.63. The van der Waals surface area contributed by atoms with Crippen molar-refractivity contribution in [2.24, 2.45) is 5.92 Å². The average Bonchev–Trinajstić information content (AvgIpc) is 3.60. The normalized spacial score (nSPS) is 23.6. The van der Waals surface area contributed by atoms with Crippen LogP contribution in [0.4, 0.5) is 0 Å². The number of hydrogen-bond donors (Lipinski definition) is 0. The van der Waals surface area contributed by atoms with Gasteiger partial charge in [0.25, 0.3) is 0 Å². The quantitative estimate of drug-likeness (QED) is 0.352. The fourth-order valence-corrected chi connectivity index (χ4v) is 5.78. The molecule has 0 bridgehead atoms. The Labute approximate surface area is 201 Å². The molecule has 0 radical (unpaired) electrons. The fourth-order valence-electron chi connectivity index (χ4n) is 5.78. The highest BCUT2D eigenvalue weighted by Gasteiger charge is 2.29. The van der Waals surface area contributed by atoms with E-state index in [-0.39, 0.29) is 6.23 Å². The zero-order chi connectivity index (χ0) is 22.9. The molecule has 2 aromatic heterocycles. The number of rotatable bonds is 6. The topological polar surface area (TPSA) is 35.2 Å². The largest absolute Gasteiger partial charge is 0.357 e. The molecule has 2 aliphatic heterocycles. The van der Waals surface area contributed by atoms with Gasteiger partial charge in [0, 0.05) is 61.1 Å². The molecule has 2 aliphatic rings. The second kappa shape index (κ2) is 9.40. The Morgan fingerprint density at radius 3 is 2.79 bits per heavy atom. The molecule has 2 saturated heterocycles. The van der Waals surface area contributed by atoms with E-state index in [4.69, 9.17) is 4.74 Å². The molecule has 0 saturated carbocycles. The Hall–Kier alpha value is -2.89. The molecule has 3 atom stereocenters. The molecule has 0 amide bonds. The van der Waals surface area contributed by atoms with Gasteiger partial charge in [0.15, 0.2) is 0 Å². The van der Waals surface area contributed by atoms with Crippen LogP contribution in [0.1, 0.15) is 44.4 Å². The molecule has 6 rings (SSSR count). The van der Waals surface area contributed by atoms with Gasteiger partial charge in [-0.05, 0) is 67.9 Å². The minimum absolute atomic E-state index is 0.0857. The van der Waals surface area contributed by atoms with Crippen LogP contribution in [0, 0.1) is 5.92 Å². The summed E-state index contributed by atoms with van der Waals surface area (Å²) in [4.78, 5) is 2.64. The maximum absolute atomic E-state index is 5.89. The van der Waals surface area contributed by atoms with Gasteiger partial charge in [-0.2, -0.15) is 5.10 Å². The first-order valence-electron chi connectivity index (χ1n) is 12.8. The Morgan fingerprint density at radius 1 is 1.03 bits per heavy atom. The van der Waals surface area contributed by atoms with Gasteiger partial charge in [0.05, 0.1) is 6.20 Å². The molecule has 0 N–H and O–H groups in total. The third kappa shape index (κ3) is 4.42. The smallest absolute Gasteiger partial charge is 0.150 e. The minimum Gasteiger partial charge on any atom is -0.357 e. The number of nitrogens with zero attached hydrogens (tertiary/aromatic N) is 4. The number of aromatic nitrogens is 3. The molecule has 0 spiro atoms. The van der Waals surface area contributed by atoms with E-state index < -0.39 is 0 Å². The minimum atomic E-state index is 0.0857. The number of benzene rings is 2. The van der Waals surface area contributed by atoms with Crippen molar-refractivity contribution in [2.45, 2.75) is 58.0 Å². The van der Waals surface area contributed by atoms with Crippen LogP contribution < -0.4 is 0 Å². The first-order valence-corrected chi connectivity index (χ1v) is 12.8. The van der Waals surface area contributed by atoms with Gasteiger partial charge in [-0.1, -0.05) is 36.4 Å². The SMILES string of the molecule is C[C@H]1C[C@H](Cn2ccc3cc(-c4cnn(C5CCCCO5)c4)ccc32)CN1Cc1ccccc1. The Morgan fingerprint density at radius 2 is 1.94 bits per heavy atom. The van der Waals surface area contributed by atoms with Crippen molar-refractivity contribution in [3.8, 4) is 11.1 Å². The van der Waals surface area contributed by atoms with Crippen LogP contribution >= 0.6 is 0 Å². The Kier molecular flexibility index (Phi) is 5.98. The third-order valence-electron chi connectivity index (χ3n) is 7.63. The maximum Gasteiger partial charge on any atom is 0.150 e. The van der Waals surface area contributed by atoms with Crippen molar-refractivity contribution in [3.63, 3.8) is 0 Å². The van der Waals surface area contributed by atoms with Crippen molar-refractivity contribution in [1.29, 1.82) is 0 Å². The lowest BCUT2D eigenvalue weighted by Gasteiger charge is -2.22. The molecule has 2 fully saturated rings. The van der Waals surface area contributed by atoms with Crippen LogP contribution in [-0.4, -0.2) is 38.4 Å². The molecule has 4 aromatic rings. The van der Waals surface area contributed by atoms with Gasteiger partial charge in [-0.3, -0.25) is 4.90 Å². The fraction of sp³-hybridized carbons (Fsp3) is 0.414. The summed E-state index contributed by atoms with van der Waals surface area (Å²) in [7, 11) is 0. The second-order valence-electron chi connectivity index (χ2n) is 10.1. The van der Waals surface area contributed by atoms with Crippen molar-refractivity contribution in [2.75, 3.05) is 13.2 Å². The van der Waals surface area contributed by atoms with Gasteiger partial charge in [0.2, 0.25) is 0 Å². The molecule has 0 aliphatic carbocycles. The molecule has 1 unspecified atom stereocenters. The van der Waals surface area contributed by atoms with Crippen molar-refractivity contribution in [1.82, 2.24) is 19.2 Å². The summed E-state index contributed by atoms with van der Waals surface area (Å²) in [6.45, 7) is 6.50. The van der Waals surface area contributed by atoms with E-state index in [2.05, 4.69) is 88.5 Å². The first kappa shape index (κ1) is 21.6. The van der Waals surface area contributed by atoms with Crippen molar-refractivity contribution >= 4 is 10.9 Å². The zero-order valence-electron chi connectivity index (χ0n) is 20.0. The highest BCUT2D eigenvalue weighted by atomic mass is 16.5. The lowest BCUT2D eigenvalue weighted by atomic mass is 10.1. The summed E-state index contributed by atoms with van der Waals surface area (Å²) in [5.41, 5.74) is 5.11. The van der Waals surface area contributed by atoms with Gasteiger partial charge >= 0.3 is 0 Å². The summed E-state index contributed by atoms with van der Waals surface area (Å²) < 4.78 is 10.3. The van der Waals surface area contributed by atoms with E-state index in [1.54, 1.807) is 0 Å². The molecular formula is C29H34N4O. The predicted octanol–water partition coefficient (Wildman–Crippen LogP) is 6.11. The van der Waals surface area contributed by atoms with E-state index in [1.807, 2.05) is 10.9 Å². The summed E-state index contributed by atoms with van der Waals surface area (Å²) in [6, 6.07) is 20.6. The Bertz CT molecular complexity index is 1240. The maximum atomic E-state index is 5.89. The van der Waals surface area contributed by atoms with Gasteiger partial charge in [-0.25, -0.2) is 4.68 Å².